The van der Waals surface area contributed by atoms with Crippen molar-refractivity contribution in [2.75, 3.05) is 0 Å². The number of benzene rings is 3. The molecule has 3 rings (SSSR count). The Balaban J connectivity index is 1.62. The van der Waals surface area contributed by atoms with Crippen LogP contribution >= 0.6 is 0 Å². The van der Waals surface area contributed by atoms with Gasteiger partial charge in [-0.15, -0.1) is 0 Å². The average Bonchev–Trinajstić information content (AvgIpc) is 2.75. The minimum Gasteiger partial charge on any atom is -0.508 e. The minimum atomic E-state index is -4.16. The molecule has 0 unspecified atom stereocenters. The number of phenolic OH excluding ortho intramolecular Hbond substituents is 1. The molecular weight excluding hydrogens is 426 g/mol. The van der Waals surface area contributed by atoms with Gasteiger partial charge in [0.1, 0.15) is 16.4 Å². The molecule has 0 aliphatic heterocycles. The minimum absolute atomic E-state index is 0.0271. The van der Waals surface area contributed by atoms with Gasteiger partial charge in [0, 0.05) is 17.7 Å². The first-order valence-electron chi connectivity index (χ1n) is 8.66. The molecule has 0 saturated carbocycles. The normalized spacial score (nSPS) is 11.2. The standard InChI is InChI=1S/C20H15N3O7S/c24-17-3-1-2-15(12-17)20(25)22-21-13-14-4-8-18(9-5-14)30-31(28,29)19-10-6-16(7-11-19)23(26)27/h1-13,24H,(H,22,25). The zero-order valence-electron chi connectivity index (χ0n) is 15.7. The van der Waals surface area contributed by atoms with Crippen molar-refractivity contribution in [1.29, 1.82) is 0 Å². The third-order valence-corrected chi connectivity index (χ3v) is 5.17. The number of phenols is 1. The lowest BCUT2D eigenvalue weighted by molar-refractivity contribution is -0.384. The first-order chi connectivity index (χ1) is 14.7. The van der Waals surface area contributed by atoms with Gasteiger partial charge in [0.05, 0.1) is 11.1 Å². The third kappa shape index (κ3) is 5.64. The second kappa shape index (κ2) is 9.05. The monoisotopic (exact) mass is 441 g/mol. The molecule has 10 nitrogen and oxygen atoms in total. The molecule has 0 radical (unpaired) electrons. The van der Waals surface area contributed by atoms with E-state index in [1.165, 1.54) is 54.7 Å². The number of hydrogen-bond donors (Lipinski definition) is 2. The van der Waals surface area contributed by atoms with E-state index < -0.39 is 20.9 Å². The predicted molar refractivity (Wildman–Crippen MR) is 111 cm³/mol. The van der Waals surface area contributed by atoms with Crippen LogP contribution in [0.1, 0.15) is 15.9 Å². The van der Waals surface area contributed by atoms with E-state index in [9.17, 15) is 28.4 Å². The smallest absolute Gasteiger partial charge is 0.339 e. The van der Waals surface area contributed by atoms with Gasteiger partial charge in [-0.3, -0.25) is 14.9 Å². The molecule has 158 valence electrons. The molecule has 31 heavy (non-hydrogen) atoms. The van der Waals surface area contributed by atoms with Gasteiger partial charge in [-0.25, -0.2) is 5.43 Å². The van der Waals surface area contributed by atoms with Gasteiger partial charge in [-0.2, -0.15) is 13.5 Å². The summed E-state index contributed by atoms with van der Waals surface area (Å²) < 4.78 is 29.6. The first kappa shape index (κ1) is 21.5. The van der Waals surface area contributed by atoms with Gasteiger partial charge >= 0.3 is 10.1 Å². The molecule has 3 aromatic carbocycles. The molecule has 0 saturated heterocycles. The van der Waals surface area contributed by atoms with Crippen molar-refractivity contribution in [2.24, 2.45) is 5.10 Å². The largest absolute Gasteiger partial charge is 0.508 e. The Morgan fingerprint density at radius 1 is 1.06 bits per heavy atom. The summed E-state index contributed by atoms with van der Waals surface area (Å²) in [6.45, 7) is 0. The highest BCUT2D eigenvalue weighted by Gasteiger charge is 2.18. The molecule has 2 N–H and O–H groups in total. The van der Waals surface area contributed by atoms with Crippen LogP contribution in [0.15, 0.2) is 82.8 Å². The Bertz CT molecular complexity index is 1240. The molecule has 0 heterocycles. The second-order valence-corrected chi connectivity index (χ2v) is 7.65. The van der Waals surface area contributed by atoms with Crippen molar-refractivity contribution in [3.05, 3.63) is 94.0 Å². The Morgan fingerprint density at radius 2 is 1.74 bits per heavy atom. The van der Waals surface area contributed by atoms with E-state index in [-0.39, 0.29) is 27.6 Å². The van der Waals surface area contributed by atoms with E-state index in [2.05, 4.69) is 10.5 Å². The average molecular weight is 441 g/mol. The molecule has 1 amide bonds. The maximum atomic E-state index is 12.3. The fraction of sp³-hybridized carbons (Fsp3) is 0. The molecule has 0 fully saturated rings. The van der Waals surface area contributed by atoms with Crippen LogP contribution in [0.25, 0.3) is 0 Å². The van der Waals surface area contributed by atoms with Gasteiger partial charge in [-0.1, -0.05) is 6.07 Å². The van der Waals surface area contributed by atoms with Crippen LogP contribution in [0.4, 0.5) is 5.69 Å². The van der Waals surface area contributed by atoms with Crippen molar-refractivity contribution >= 4 is 27.9 Å². The maximum Gasteiger partial charge on any atom is 0.339 e. The van der Waals surface area contributed by atoms with Gasteiger partial charge < -0.3 is 9.29 Å². The zero-order chi connectivity index (χ0) is 22.4. The van der Waals surface area contributed by atoms with E-state index in [0.717, 1.165) is 24.3 Å². The summed E-state index contributed by atoms with van der Waals surface area (Å²) in [5.74, 6) is -0.531. The van der Waals surface area contributed by atoms with Gasteiger partial charge in [-0.05, 0) is 60.2 Å². The molecule has 0 spiro atoms. The lowest BCUT2D eigenvalue weighted by Gasteiger charge is -2.07. The van der Waals surface area contributed by atoms with E-state index in [0.29, 0.717) is 5.56 Å². The number of aromatic hydroxyl groups is 1. The Hall–Kier alpha value is -4.25. The molecule has 0 bridgehead atoms. The fourth-order valence-electron chi connectivity index (χ4n) is 2.40. The summed E-state index contributed by atoms with van der Waals surface area (Å²) in [5.41, 5.74) is 2.85. The summed E-state index contributed by atoms with van der Waals surface area (Å²) in [7, 11) is -4.16. The van der Waals surface area contributed by atoms with E-state index in [4.69, 9.17) is 4.18 Å². The van der Waals surface area contributed by atoms with Crippen LogP contribution in [0.2, 0.25) is 0 Å². The Labute approximate surface area is 176 Å². The number of nitro groups is 1. The molecule has 0 aromatic heterocycles. The highest BCUT2D eigenvalue weighted by molar-refractivity contribution is 7.87. The summed E-state index contributed by atoms with van der Waals surface area (Å²) in [6.07, 6.45) is 1.34. The predicted octanol–water partition coefficient (Wildman–Crippen LogP) is 2.83. The number of nitrogens with zero attached hydrogens (tertiary/aromatic N) is 2. The van der Waals surface area contributed by atoms with Crippen LogP contribution in [0.5, 0.6) is 11.5 Å². The zero-order valence-corrected chi connectivity index (χ0v) is 16.5. The number of amides is 1. The fourth-order valence-corrected chi connectivity index (χ4v) is 3.33. The summed E-state index contributed by atoms with van der Waals surface area (Å²) in [6, 6.07) is 15.9. The topological polar surface area (TPSA) is 148 Å². The number of carbonyl (C=O) groups excluding carboxylic acids is 1. The molecule has 0 aliphatic rings. The van der Waals surface area contributed by atoms with Crippen molar-refractivity contribution in [3.63, 3.8) is 0 Å². The van der Waals surface area contributed by atoms with E-state index in [1.54, 1.807) is 0 Å². The lowest BCUT2D eigenvalue weighted by atomic mass is 10.2. The Morgan fingerprint density at radius 3 is 2.35 bits per heavy atom. The number of hydrazone groups is 1. The van der Waals surface area contributed by atoms with E-state index >= 15 is 0 Å². The molecular formula is C20H15N3O7S. The third-order valence-electron chi connectivity index (χ3n) is 3.91. The second-order valence-electron chi connectivity index (χ2n) is 6.11. The molecule has 0 atom stereocenters. The van der Waals surface area contributed by atoms with Crippen molar-refractivity contribution in [1.82, 2.24) is 5.43 Å². The van der Waals surface area contributed by atoms with Crippen LogP contribution in [0, 0.1) is 10.1 Å². The van der Waals surface area contributed by atoms with Crippen LogP contribution in [-0.4, -0.2) is 30.6 Å². The quantitative estimate of drug-likeness (QED) is 0.248. The van der Waals surface area contributed by atoms with E-state index in [1.807, 2.05) is 0 Å². The molecule has 11 heteroatoms. The highest BCUT2D eigenvalue weighted by Crippen LogP contribution is 2.21. The van der Waals surface area contributed by atoms with Crippen molar-refractivity contribution in [3.8, 4) is 11.5 Å². The number of carbonyl (C=O) groups is 1. The summed E-state index contributed by atoms with van der Waals surface area (Å²) in [5, 5.41) is 23.8. The van der Waals surface area contributed by atoms with Crippen LogP contribution < -0.4 is 9.61 Å². The van der Waals surface area contributed by atoms with Crippen molar-refractivity contribution < 1.29 is 27.4 Å². The molecule has 0 aliphatic carbocycles. The summed E-state index contributed by atoms with van der Waals surface area (Å²) in [4.78, 5) is 21.7. The Kier molecular flexibility index (Phi) is 6.26. The van der Waals surface area contributed by atoms with Crippen molar-refractivity contribution in [2.45, 2.75) is 4.90 Å². The summed E-state index contributed by atoms with van der Waals surface area (Å²) >= 11 is 0. The maximum absolute atomic E-state index is 12.3. The number of non-ortho nitro benzene ring substituents is 1. The van der Waals surface area contributed by atoms with Gasteiger partial charge in [0.25, 0.3) is 11.6 Å². The number of nitrogens with one attached hydrogen (secondary N) is 1. The van der Waals surface area contributed by atoms with Crippen LogP contribution in [-0.2, 0) is 10.1 Å². The van der Waals surface area contributed by atoms with Gasteiger partial charge in [0.15, 0.2) is 0 Å². The van der Waals surface area contributed by atoms with Gasteiger partial charge in [0.2, 0.25) is 0 Å². The van der Waals surface area contributed by atoms with Crippen LogP contribution in [0.3, 0.4) is 0 Å². The SMILES string of the molecule is O=C(NN=Cc1ccc(OS(=O)(=O)c2ccc([N+](=O)[O-])cc2)cc1)c1cccc(O)c1. The highest BCUT2D eigenvalue weighted by atomic mass is 32.2. The number of hydrogen-bond acceptors (Lipinski definition) is 8. The molecule has 3 aromatic rings. The first-order valence-corrected chi connectivity index (χ1v) is 10.1. The lowest BCUT2D eigenvalue weighted by Crippen LogP contribution is -2.17. The number of rotatable bonds is 7. The number of nitro benzene ring substituents is 1.